The summed E-state index contributed by atoms with van der Waals surface area (Å²) < 4.78 is 111. The molecule has 0 aliphatic heterocycles. The van der Waals surface area contributed by atoms with Crippen LogP contribution >= 0.6 is 0 Å². The molecule has 0 radical (unpaired) electrons. The highest BCUT2D eigenvalue weighted by Gasteiger charge is 2.46. The van der Waals surface area contributed by atoms with Crippen LogP contribution in [-0.2, 0) is 26.6 Å². The maximum Gasteiger partial charge on any atom is 0.480 e. The van der Waals surface area contributed by atoms with Crippen LogP contribution in [0.3, 0.4) is 0 Å². The minimum atomic E-state index is -6.72. The van der Waals surface area contributed by atoms with Crippen LogP contribution in [0.15, 0.2) is 43.2 Å². The number of allylic oxidation sites excluding steroid dienone is 1. The van der Waals surface area contributed by atoms with E-state index in [1.807, 2.05) is 36.7 Å². The number of pyridine rings is 1. The molecule has 1 aromatic heterocycles. The van der Waals surface area contributed by atoms with Crippen molar-refractivity contribution in [2.45, 2.75) is 17.6 Å². The summed E-state index contributed by atoms with van der Waals surface area (Å²) in [5.74, 6) is 0. The third-order valence-corrected chi connectivity index (χ3v) is 4.64. The fraction of sp³-hybridized carbons (Fsp3) is 0.300. The largest absolute Gasteiger partial charge is 0.480 e. The Labute approximate surface area is 133 Å². The zero-order valence-corrected chi connectivity index (χ0v) is 13.1. The molecule has 0 aliphatic rings. The van der Waals surface area contributed by atoms with Crippen molar-refractivity contribution in [3.8, 4) is 0 Å². The van der Waals surface area contributed by atoms with Crippen LogP contribution in [-0.4, -0.2) is 27.9 Å². The average molecular weight is 400 g/mol. The van der Waals surface area contributed by atoms with Crippen molar-refractivity contribution in [2.24, 2.45) is 0 Å². The van der Waals surface area contributed by atoms with E-state index in [1.165, 1.54) is 0 Å². The van der Waals surface area contributed by atoms with Gasteiger partial charge in [0.05, 0.1) is 0 Å². The summed E-state index contributed by atoms with van der Waals surface area (Å²) in [6.45, 7) is 4.52. The van der Waals surface area contributed by atoms with E-state index in [1.54, 1.807) is 0 Å². The van der Waals surface area contributed by atoms with Gasteiger partial charge in [0.15, 0.2) is 39.0 Å². The number of nitrogens with zero attached hydrogens (tertiary/aromatic N) is 2. The van der Waals surface area contributed by atoms with Crippen LogP contribution in [0.4, 0.5) is 26.3 Å². The average Bonchev–Trinajstić information content (AvgIpc) is 2.37. The second-order valence-electron chi connectivity index (χ2n) is 3.78. The first-order valence-corrected chi connectivity index (χ1v) is 8.44. The normalized spacial score (nSPS) is 12.9. The Morgan fingerprint density at radius 2 is 1.25 bits per heavy atom. The fourth-order valence-electron chi connectivity index (χ4n) is 0.919. The predicted molar refractivity (Wildman–Crippen MR) is 70.1 cm³/mol. The molecular weight excluding hydrogens is 390 g/mol. The number of sulfonamides is 2. The molecular formula is C10H10F6N2O4S2. The molecule has 24 heavy (non-hydrogen) atoms. The highest BCUT2D eigenvalue weighted by molar-refractivity contribution is 8.13. The van der Waals surface area contributed by atoms with Crippen LogP contribution in [0.5, 0.6) is 0 Å². The van der Waals surface area contributed by atoms with E-state index < -0.39 is 31.1 Å². The molecule has 0 saturated heterocycles. The summed E-state index contributed by atoms with van der Waals surface area (Å²) in [5, 5.41) is 0. The lowest BCUT2D eigenvalue weighted by atomic mass is 10.5. The van der Waals surface area contributed by atoms with Gasteiger partial charge < -0.3 is 4.13 Å². The quantitative estimate of drug-likeness (QED) is 0.441. The lowest BCUT2D eigenvalue weighted by molar-refractivity contribution is -0.687. The van der Waals surface area contributed by atoms with Gasteiger partial charge in [-0.2, -0.15) is 26.3 Å². The first kappa shape index (κ1) is 22.3. The summed E-state index contributed by atoms with van der Waals surface area (Å²) in [5.41, 5.74) is -12.4. The van der Waals surface area contributed by atoms with Crippen molar-refractivity contribution in [1.29, 1.82) is 0 Å². The Hall–Kier alpha value is -1.67. The molecule has 6 nitrogen and oxygen atoms in total. The highest BCUT2D eigenvalue weighted by atomic mass is 32.3. The summed E-state index contributed by atoms with van der Waals surface area (Å²) in [6.07, 6.45) is 5.91. The summed E-state index contributed by atoms with van der Waals surface area (Å²) in [7, 11) is -13.4. The number of rotatable bonds is 4. The van der Waals surface area contributed by atoms with Gasteiger partial charge in [-0.05, 0) is 6.08 Å². The van der Waals surface area contributed by atoms with Gasteiger partial charge in [-0.1, -0.05) is 12.6 Å². The number of hydrogen-bond acceptors (Lipinski definition) is 4. The molecule has 0 aromatic carbocycles. The van der Waals surface area contributed by atoms with Crippen molar-refractivity contribution in [3.05, 3.63) is 47.4 Å². The molecule has 0 N–H and O–H groups in total. The number of hydrogen-bond donors (Lipinski definition) is 0. The molecule has 1 rings (SSSR count). The van der Waals surface area contributed by atoms with Crippen molar-refractivity contribution < 1.29 is 47.7 Å². The second kappa shape index (κ2) is 7.94. The number of halogens is 6. The van der Waals surface area contributed by atoms with Gasteiger partial charge in [-0.25, -0.2) is 21.4 Å². The van der Waals surface area contributed by atoms with Crippen molar-refractivity contribution in [1.82, 2.24) is 0 Å². The van der Waals surface area contributed by atoms with E-state index in [2.05, 4.69) is 11.1 Å². The smallest absolute Gasteiger partial charge is 0.421 e. The third kappa shape index (κ3) is 6.84. The zero-order chi connectivity index (χ0) is 19.2. The molecule has 0 fully saturated rings. The Morgan fingerprint density at radius 3 is 1.54 bits per heavy atom. The van der Waals surface area contributed by atoms with Gasteiger partial charge in [0.25, 0.3) is 0 Å². The first-order valence-electron chi connectivity index (χ1n) is 5.56. The second-order valence-corrected chi connectivity index (χ2v) is 7.20. The van der Waals surface area contributed by atoms with E-state index in [9.17, 15) is 43.2 Å². The Bertz CT molecular complexity index is 700. The van der Waals surface area contributed by atoms with E-state index in [0.29, 0.717) is 0 Å². The van der Waals surface area contributed by atoms with Crippen molar-refractivity contribution in [3.63, 3.8) is 0 Å². The summed E-state index contributed by atoms with van der Waals surface area (Å²) in [6, 6.07) is 6.01. The topological polar surface area (TPSA) is 86.3 Å². The molecule has 0 bridgehead atoms. The van der Waals surface area contributed by atoms with Crippen LogP contribution < -0.4 is 4.57 Å². The van der Waals surface area contributed by atoms with Gasteiger partial charge in [0, 0.05) is 12.1 Å². The van der Waals surface area contributed by atoms with Gasteiger partial charge >= 0.3 is 11.0 Å². The van der Waals surface area contributed by atoms with Crippen LogP contribution in [0.25, 0.3) is 4.13 Å². The maximum absolute atomic E-state index is 11.4. The molecule has 1 aromatic rings. The molecule has 138 valence electrons. The van der Waals surface area contributed by atoms with Crippen molar-refractivity contribution in [2.75, 3.05) is 0 Å². The number of alkyl halides is 6. The first-order chi connectivity index (χ1) is 10.6. The van der Waals surface area contributed by atoms with Crippen molar-refractivity contribution >= 4 is 20.0 Å². The maximum atomic E-state index is 11.4. The van der Waals surface area contributed by atoms with Gasteiger partial charge in [0.2, 0.25) is 0 Å². The Morgan fingerprint density at radius 1 is 0.875 bits per heavy atom. The number of aromatic nitrogens is 1. The molecule has 14 heteroatoms. The summed E-state index contributed by atoms with van der Waals surface area (Å²) >= 11 is 0. The SMILES string of the molecule is C=CC[n+]1ccccc1.O=S(=O)([N-]S(=O)(=O)C(F)(F)F)C(F)(F)F. The van der Waals surface area contributed by atoms with Gasteiger partial charge in [-0.15, -0.1) is 0 Å². The van der Waals surface area contributed by atoms with Gasteiger partial charge in [0.1, 0.15) is 0 Å². The van der Waals surface area contributed by atoms with Gasteiger partial charge in [-0.3, -0.25) is 0 Å². The van der Waals surface area contributed by atoms with Crippen LogP contribution in [0.2, 0.25) is 0 Å². The molecule has 1 heterocycles. The standard InChI is InChI=1S/C8H10N.C2F6NO4S2/c1-2-6-9-7-4-3-5-8-9;3-1(4,5)14(10,11)9-15(12,13)2(6,7)8/h2-5,7-8H,1,6H2;/q+1;-1. The lowest BCUT2D eigenvalue weighted by Gasteiger charge is -2.22. The Kier molecular flexibility index (Phi) is 7.38. The molecule has 0 amide bonds. The fourth-order valence-corrected chi connectivity index (χ4v) is 2.63. The molecule has 0 aliphatic carbocycles. The zero-order valence-electron chi connectivity index (χ0n) is 11.5. The molecule has 0 spiro atoms. The highest BCUT2D eigenvalue weighted by Crippen LogP contribution is 2.36. The Balaban J connectivity index is 0.000000496. The molecule has 0 saturated carbocycles. The van der Waals surface area contributed by atoms with Crippen LogP contribution in [0, 0.1) is 0 Å². The monoisotopic (exact) mass is 400 g/mol. The molecule has 0 atom stereocenters. The summed E-state index contributed by atoms with van der Waals surface area (Å²) in [4.78, 5) is 0. The van der Waals surface area contributed by atoms with Crippen LogP contribution in [0.1, 0.15) is 0 Å². The minimum absolute atomic E-state index is 0.778. The molecule has 0 unspecified atom stereocenters. The van der Waals surface area contributed by atoms with E-state index in [4.69, 9.17) is 0 Å². The minimum Gasteiger partial charge on any atom is -0.421 e. The lowest BCUT2D eigenvalue weighted by Crippen LogP contribution is -2.30. The van der Waals surface area contributed by atoms with E-state index in [-0.39, 0.29) is 0 Å². The van der Waals surface area contributed by atoms with E-state index in [0.717, 1.165) is 10.7 Å². The predicted octanol–water partition coefficient (Wildman–Crippen LogP) is 2.22. The third-order valence-electron chi connectivity index (χ3n) is 1.90. The van der Waals surface area contributed by atoms with E-state index >= 15 is 0 Å².